The summed E-state index contributed by atoms with van der Waals surface area (Å²) in [5.74, 6) is -0.232. The largest absolute Gasteiger partial charge is 0.354 e. The molecule has 1 N–H and O–H groups in total. The number of hydrogen-bond donors (Lipinski definition) is 1. The Morgan fingerprint density at radius 2 is 1.96 bits per heavy atom. The molecule has 0 bridgehead atoms. The highest BCUT2D eigenvalue weighted by Crippen LogP contribution is 2.10. The first-order valence-corrected chi connectivity index (χ1v) is 7.77. The lowest BCUT2D eigenvalue weighted by atomic mass is 10.2. The van der Waals surface area contributed by atoms with Crippen LogP contribution in [-0.4, -0.2) is 36.0 Å². The second-order valence-corrected chi connectivity index (χ2v) is 5.46. The van der Waals surface area contributed by atoms with E-state index in [-0.39, 0.29) is 12.4 Å². The van der Waals surface area contributed by atoms with Crippen molar-refractivity contribution in [2.24, 2.45) is 0 Å². The van der Waals surface area contributed by atoms with Gasteiger partial charge in [0.15, 0.2) is 6.29 Å². The summed E-state index contributed by atoms with van der Waals surface area (Å²) in [6, 6.07) is 8.56. The molecule has 8 heteroatoms. The second kappa shape index (κ2) is 9.12. The van der Waals surface area contributed by atoms with Crippen molar-refractivity contribution < 1.29 is 14.3 Å². The second-order valence-electron chi connectivity index (χ2n) is 5.02. The molecule has 0 aliphatic rings. The van der Waals surface area contributed by atoms with Gasteiger partial charge in [-0.1, -0.05) is 23.7 Å². The smallest absolute Gasteiger partial charge is 0.349 e. The van der Waals surface area contributed by atoms with Crippen LogP contribution in [0.25, 0.3) is 6.08 Å². The van der Waals surface area contributed by atoms with Crippen LogP contribution in [0.5, 0.6) is 0 Å². The molecule has 1 aromatic carbocycles. The summed E-state index contributed by atoms with van der Waals surface area (Å²) in [6.07, 6.45) is 3.94. The molecule has 0 aliphatic carbocycles. The Kier molecular flexibility index (Phi) is 6.88. The third-order valence-electron chi connectivity index (χ3n) is 3.29. The van der Waals surface area contributed by atoms with Crippen LogP contribution in [0.4, 0.5) is 5.82 Å². The lowest BCUT2D eigenvalue weighted by Gasteiger charge is -2.14. The molecule has 0 unspecified atom stereocenters. The molecule has 1 amide bonds. The quantitative estimate of drug-likeness (QED) is 0.602. The predicted octanol–water partition coefficient (Wildman–Crippen LogP) is 2.17. The summed E-state index contributed by atoms with van der Waals surface area (Å²) in [4.78, 5) is 27.7. The van der Waals surface area contributed by atoms with Crippen LogP contribution in [0.15, 0.2) is 47.4 Å². The average molecular weight is 364 g/mol. The van der Waals surface area contributed by atoms with Crippen LogP contribution < -0.4 is 11.0 Å². The van der Waals surface area contributed by atoms with E-state index in [1.165, 1.54) is 37.1 Å². The summed E-state index contributed by atoms with van der Waals surface area (Å²) in [7, 11) is 2.96. The van der Waals surface area contributed by atoms with E-state index in [1.807, 2.05) is 0 Å². The number of methoxy groups -OCH3 is 2. The number of halogens is 1. The van der Waals surface area contributed by atoms with Crippen LogP contribution in [0.3, 0.4) is 0 Å². The molecular formula is C17H18ClN3O4. The Bertz CT molecular complexity index is 798. The third-order valence-corrected chi connectivity index (χ3v) is 3.55. The van der Waals surface area contributed by atoms with E-state index in [9.17, 15) is 9.59 Å². The molecule has 0 spiro atoms. The van der Waals surface area contributed by atoms with Gasteiger partial charge in [0.25, 0.3) is 0 Å². The fourth-order valence-electron chi connectivity index (χ4n) is 1.96. The number of carbonyl (C=O) groups is 1. The number of carbonyl (C=O) groups excluding carboxylic acids is 1. The molecule has 7 nitrogen and oxygen atoms in total. The van der Waals surface area contributed by atoms with Crippen molar-refractivity contribution in [2.45, 2.75) is 12.8 Å². The van der Waals surface area contributed by atoms with Gasteiger partial charge in [0.1, 0.15) is 5.82 Å². The van der Waals surface area contributed by atoms with Crippen LogP contribution in [0, 0.1) is 0 Å². The predicted molar refractivity (Wildman–Crippen MR) is 95.4 cm³/mol. The van der Waals surface area contributed by atoms with Gasteiger partial charge in [-0.25, -0.2) is 4.79 Å². The SMILES string of the molecule is COC(Cn1ccc(NC(=O)/C=C/c2ccc(Cl)cc2)nc1=O)OC. The van der Waals surface area contributed by atoms with Crippen molar-refractivity contribution in [1.82, 2.24) is 9.55 Å². The summed E-state index contributed by atoms with van der Waals surface area (Å²) < 4.78 is 11.4. The molecule has 0 saturated heterocycles. The molecule has 0 atom stereocenters. The number of amides is 1. The molecule has 1 aromatic heterocycles. The highest BCUT2D eigenvalue weighted by molar-refractivity contribution is 6.30. The summed E-state index contributed by atoms with van der Waals surface area (Å²) in [6.45, 7) is 0.198. The summed E-state index contributed by atoms with van der Waals surface area (Å²) >= 11 is 5.80. The van der Waals surface area contributed by atoms with Crippen molar-refractivity contribution in [3.8, 4) is 0 Å². The monoisotopic (exact) mass is 363 g/mol. The topological polar surface area (TPSA) is 82.5 Å². The van der Waals surface area contributed by atoms with E-state index in [1.54, 1.807) is 30.3 Å². The molecule has 132 valence electrons. The highest BCUT2D eigenvalue weighted by Gasteiger charge is 2.09. The maximum Gasteiger partial charge on any atom is 0.349 e. The van der Waals surface area contributed by atoms with E-state index >= 15 is 0 Å². The van der Waals surface area contributed by atoms with E-state index in [0.717, 1.165) is 5.56 Å². The molecule has 0 aliphatic heterocycles. The number of ether oxygens (including phenoxy) is 2. The molecule has 2 aromatic rings. The van der Waals surface area contributed by atoms with Crippen molar-refractivity contribution in [3.63, 3.8) is 0 Å². The molecule has 0 saturated carbocycles. The number of anilines is 1. The van der Waals surface area contributed by atoms with Gasteiger partial charge in [-0.05, 0) is 29.8 Å². The summed E-state index contributed by atoms with van der Waals surface area (Å²) in [5.41, 5.74) is 0.312. The molecule has 0 fully saturated rings. The Morgan fingerprint density at radius 1 is 1.28 bits per heavy atom. The van der Waals surface area contributed by atoms with Crippen LogP contribution >= 0.6 is 11.6 Å². The summed E-state index contributed by atoms with van der Waals surface area (Å²) in [5, 5.41) is 3.16. The van der Waals surface area contributed by atoms with Gasteiger partial charge in [-0.15, -0.1) is 0 Å². The van der Waals surface area contributed by atoms with Gasteiger partial charge in [-0.3, -0.25) is 9.36 Å². The Labute approximate surface area is 149 Å². The first-order valence-electron chi connectivity index (χ1n) is 7.39. The average Bonchev–Trinajstić information content (AvgIpc) is 2.61. The lowest BCUT2D eigenvalue weighted by molar-refractivity contribution is -0.112. The molecule has 1 heterocycles. The number of nitrogens with zero attached hydrogens (tertiary/aromatic N) is 2. The normalized spacial score (nSPS) is 11.2. The molecule has 25 heavy (non-hydrogen) atoms. The number of rotatable bonds is 7. The minimum Gasteiger partial charge on any atom is -0.354 e. The maximum absolute atomic E-state index is 12.0. The maximum atomic E-state index is 12.0. The van der Waals surface area contributed by atoms with Gasteiger partial charge in [0, 0.05) is 31.5 Å². The van der Waals surface area contributed by atoms with E-state index in [0.29, 0.717) is 5.02 Å². The lowest BCUT2D eigenvalue weighted by Crippen LogP contribution is -2.30. The van der Waals surface area contributed by atoms with Crippen molar-refractivity contribution >= 4 is 29.4 Å². The fraction of sp³-hybridized carbons (Fsp3) is 0.235. The molecule has 2 rings (SSSR count). The first-order chi connectivity index (χ1) is 12.0. The van der Waals surface area contributed by atoms with Gasteiger partial charge in [0.05, 0.1) is 6.54 Å². The number of benzene rings is 1. The van der Waals surface area contributed by atoms with E-state index in [2.05, 4.69) is 10.3 Å². The number of hydrogen-bond acceptors (Lipinski definition) is 5. The minimum atomic E-state index is -0.553. The fourth-order valence-corrected chi connectivity index (χ4v) is 2.08. The number of aromatic nitrogens is 2. The van der Waals surface area contributed by atoms with Gasteiger partial charge in [0.2, 0.25) is 5.91 Å². The molecule has 0 radical (unpaired) electrons. The standard InChI is InChI=1S/C17H18ClN3O4/c1-24-16(25-2)11-21-10-9-14(20-17(21)23)19-15(22)8-5-12-3-6-13(18)7-4-12/h3-10,16H,11H2,1-2H3,(H,19,20,22,23)/b8-5+. The zero-order valence-corrected chi connectivity index (χ0v) is 14.6. The van der Waals surface area contributed by atoms with E-state index < -0.39 is 17.9 Å². The van der Waals surface area contributed by atoms with Gasteiger partial charge >= 0.3 is 5.69 Å². The van der Waals surface area contributed by atoms with Gasteiger partial charge < -0.3 is 14.8 Å². The Hall–Kier alpha value is -2.48. The Morgan fingerprint density at radius 3 is 2.56 bits per heavy atom. The van der Waals surface area contributed by atoms with Crippen molar-refractivity contribution in [1.29, 1.82) is 0 Å². The third kappa shape index (κ3) is 5.82. The van der Waals surface area contributed by atoms with Gasteiger partial charge in [-0.2, -0.15) is 4.98 Å². The minimum absolute atomic E-state index is 0.165. The van der Waals surface area contributed by atoms with Crippen LogP contribution in [0.1, 0.15) is 5.56 Å². The molecular weight excluding hydrogens is 346 g/mol. The Balaban J connectivity index is 2.00. The first kappa shape index (κ1) is 18.9. The van der Waals surface area contributed by atoms with Crippen molar-refractivity contribution in [3.05, 3.63) is 63.7 Å². The highest BCUT2D eigenvalue weighted by atomic mass is 35.5. The van der Waals surface area contributed by atoms with Crippen LogP contribution in [0.2, 0.25) is 5.02 Å². The van der Waals surface area contributed by atoms with Crippen molar-refractivity contribution in [2.75, 3.05) is 19.5 Å². The van der Waals surface area contributed by atoms with Crippen LogP contribution in [-0.2, 0) is 20.8 Å². The zero-order chi connectivity index (χ0) is 18.2. The van der Waals surface area contributed by atoms with E-state index in [4.69, 9.17) is 21.1 Å². The number of nitrogens with one attached hydrogen (secondary N) is 1. The zero-order valence-electron chi connectivity index (χ0n) is 13.8.